The van der Waals surface area contributed by atoms with E-state index < -0.39 is 10.0 Å². The quantitative estimate of drug-likeness (QED) is 0.579. The molecular formula is C14H21N3O2S2. The van der Waals surface area contributed by atoms with Crippen molar-refractivity contribution in [2.75, 3.05) is 26.2 Å². The van der Waals surface area contributed by atoms with Crippen molar-refractivity contribution in [2.24, 2.45) is 5.73 Å². The first-order valence-electron chi connectivity index (χ1n) is 7.11. The molecule has 3 N–H and O–H groups in total. The molecule has 5 nitrogen and oxygen atoms in total. The minimum Gasteiger partial charge on any atom is -0.389 e. The second-order valence-corrected chi connectivity index (χ2v) is 7.34. The van der Waals surface area contributed by atoms with Gasteiger partial charge in [0.25, 0.3) is 0 Å². The van der Waals surface area contributed by atoms with Gasteiger partial charge < -0.3 is 10.6 Å². The average Bonchev–Trinajstić information content (AvgIpc) is 2.97. The largest absolute Gasteiger partial charge is 0.389 e. The number of thiocarbonyl (C=S) groups is 1. The first-order valence-corrected chi connectivity index (χ1v) is 9.01. The molecule has 1 heterocycles. The smallest absolute Gasteiger partial charge is 0.241 e. The molecule has 7 heteroatoms. The number of rotatable bonds is 7. The zero-order chi connectivity index (χ0) is 15.3. The second-order valence-electron chi connectivity index (χ2n) is 5.16. The second kappa shape index (κ2) is 7.31. The maximum Gasteiger partial charge on any atom is 0.241 e. The highest BCUT2D eigenvalue weighted by atomic mass is 32.2. The molecular weight excluding hydrogens is 306 g/mol. The van der Waals surface area contributed by atoms with Crippen LogP contribution in [-0.4, -0.2) is 44.5 Å². The Morgan fingerprint density at radius 3 is 2.62 bits per heavy atom. The van der Waals surface area contributed by atoms with Gasteiger partial charge in [0, 0.05) is 12.1 Å². The Morgan fingerprint density at radius 1 is 1.29 bits per heavy atom. The third-order valence-corrected chi connectivity index (χ3v) is 5.32. The van der Waals surface area contributed by atoms with Crippen molar-refractivity contribution in [3.63, 3.8) is 0 Å². The molecule has 0 amide bonds. The number of benzene rings is 1. The van der Waals surface area contributed by atoms with E-state index in [9.17, 15) is 8.42 Å². The summed E-state index contributed by atoms with van der Waals surface area (Å²) < 4.78 is 27.3. The van der Waals surface area contributed by atoms with E-state index in [0.717, 1.165) is 26.1 Å². The lowest BCUT2D eigenvalue weighted by molar-refractivity contribution is 0.334. The number of nitrogens with two attached hydrogens (primary N) is 1. The molecule has 1 aromatic rings. The Bertz CT molecular complexity index is 596. The standard InChI is InChI=1S/C14H21N3O2S2/c15-14(20)12-6-1-2-7-13(12)21(18,19)16-8-5-11-17-9-3-4-10-17/h1-2,6-7,16H,3-5,8-11H2,(H2,15,20). The van der Waals surface area contributed by atoms with E-state index in [1.54, 1.807) is 18.2 Å². The first-order chi connectivity index (χ1) is 10.0. The van der Waals surface area contributed by atoms with E-state index in [2.05, 4.69) is 9.62 Å². The van der Waals surface area contributed by atoms with Crippen molar-refractivity contribution >= 4 is 27.2 Å². The van der Waals surface area contributed by atoms with Crippen LogP contribution in [0.1, 0.15) is 24.8 Å². The lowest BCUT2D eigenvalue weighted by Gasteiger charge is -2.15. The van der Waals surface area contributed by atoms with E-state index >= 15 is 0 Å². The van der Waals surface area contributed by atoms with Crippen LogP contribution in [0.15, 0.2) is 29.2 Å². The van der Waals surface area contributed by atoms with Gasteiger partial charge in [0.15, 0.2) is 0 Å². The molecule has 0 aliphatic carbocycles. The van der Waals surface area contributed by atoms with Crippen molar-refractivity contribution in [2.45, 2.75) is 24.2 Å². The molecule has 1 aliphatic heterocycles. The number of hydrogen-bond acceptors (Lipinski definition) is 4. The van der Waals surface area contributed by atoms with E-state index in [1.807, 2.05) is 0 Å². The zero-order valence-corrected chi connectivity index (χ0v) is 13.5. The highest BCUT2D eigenvalue weighted by Crippen LogP contribution is 2.15. The van der Waals surface area contributed by atoms with Crippen molar-refractivity contribution in [1.29, 1.82) is 0 Å². The molecule has 1 aliphatic rings. The summed E-state index contributed by atoms with van der Waals surface area (Å²) in [5, 5.41) is 0. The lowest BCUT2D eigenvalue weighted by Crippen LogP contribution is -2.30. The van der Waals surface area contributed by atoms with Gasteiger partial charge in [0.2, 0.25) is 10.0 Å². The molecule has 0 radical (unpaired) electrons. The molecule has 1 fully saturated rings. The number of sulfonamides is 1. The van der Waals surface area contributed by atoms with Crippen LogP contribution >= 0.6 is 12.2 Å². The summed E-state index contributed by atoms with van der Waals surface area (Å²) in [6, 6.07) is 6.54. The molecule has 0 saturated carbocycles. The Labute approximate surface area is 131 Å². The minimum atomic E-state index is -3.57. The van der Waals surface area contributed by atoms with Crippen LogP contribution in [0.25, 0.3) is 0 Å². The van der Waals surface area contributed by atoms with Gasteiger partial charge in [-0.05, 0) is 45.0 Å². The summed E-state index contributed by atoms with van der Waals surface area (Å²) in [7, 11) is -3.57. The van der Waals surface area contributed by atoms with E-state index in [1.165, 1.54) is 18.9 Å². The number of nitrogens with zero attached hydrogens (tertiary/aromatic N) is 1. The Hall–Kier alpha value is -1.02. The van der Waals surface area contributed by atoms with Crippen molar-refractivity contribution in [3.05, 3.63) is 29.8 Å². The number of hydrogen-bond donors (Lipinski definition) is 2. The third kappa shape index (κ3) is 4.47. The van der Waals surface area contributed by atoms with Crippen LogP contribution in [0, 0.1) is 0 Å². The van der Waals surface area contributed by atoms with Crippen LogP contribution in [-0.2, 0) is 10.0 Å². The van der Waals surface area contributed by atoms with Crippen molar-refractivity contribution in [1.82, 2.24) is 9.62 Å². The Morgan fingerprint density at radius 2 is 1.95 bits per heavy atom. The van der Waals surface area contributed by atoms with Crippen molar-refractivity contribution < 1.29 is 8.42 Å². The van der Waals surface area contributed by atoms with Crippen LogP contribution in [0.4, 0.5) is 0 Å². The molecule has 0 spiro atoms. The predicted molar refractivity (Wildman–Crippen MR) is 87.8 cm³/mol. The monoisotopic (exact) mass is 327 g/mol. The van der Waals surface area contributed by atoms with Crippen LogP contribution in [0.3, 0.4) is 0 Å². The van der Waals surface area contributed by atoms with Crippen LogP contribution in [0.2, 0.25) is 0 Å². The summed E-state index contributed by atoms with van der Waals surface area (Å²) in [6.07, 6.45) is 3.29. The number of likely N-dealkylation sites (tertiary alicyclic amines) is 1. The summed E-state index contributed by atoms with van der Waals surface area (Å²) >= 11 is 4.91. The summed E-state index contributed by atoms with van der Waals surface area (Å²) in [5.74, 6) is 0. The van der Waals surface area contributed by atoms with Gasteiger partial charge in [-0.25, -0.2) is 13.1 Å². The maximum atomic E-state index is 12.3. The first kappa shape index (κ1) is 16.4. The van der Waals surface area contributed by atoms with Crippen LogP contribution < -0.4 is 10.5 Å². The highest BCUT2D eigenvalue weighted by molar-refractivity contribution is 7.89. The van der Waals surface area contributed by atoms with Gasteiger partial charge in [-0.1, -0.05) is 30.4 Å². The highest BCUT2D eigenvalue weighted by Gasteiger charge is 2.19. The van der Waals surface area contributed by atoms with Gasteiger partial charge in [-0.2, -0.15) is 0 Å². The fourth-order valence-corrected chi connectivity index (χ4v) is 4.03. The molecule has 0 aromatic heterocycles. The fraction of sp³-hybridized carbons (Fsp3) is 0.500. The Balaban J connectivity index is 1.93. The normalized spacial score (nSPS) is 16.2. The van der Waals surface area contributed by atoms with Crippen LogP contribution in [0.5, 0.6) is 0 Å². The Kier molecular flexibility index (Phi) is 5.69. The summed E-state index contributed by atoms with van der Waals surface area (Å²) in [4.78, 5) is 2.60. The van der Waals surface area contributed by atoms with Gasteiger partial charge in [0.05, 0.1) is 4.90 Å². The summed E-state index contributed by atoms with van der Waals surface area (Å²) in [6.45, 7) is 3.60. The molecule has 0 atom stereocenters. The molecule has 0 bridgehead atoms. The van der Waals surface area contributed by atoms with Gasteiger partial charge in [-0.15, -0.1) is 0 Å². The van der Waals surface area contributed by atoms with Gasteiger partial charge in [0.1, 0.15) is 4.99 Å². The molecule has 1 aromatic carbocycles. The van der Waals surface area contributed by atoms with Gasteiger partial charge in [-0.3, -0.25) is 0 Å². The minimum absolute atomic E-state index is 0.0908. The fourth-order valence-electron chi connectivity index (χ4n) is 2.50. The average molecular weight is 327 g/mol. The van der Waals surface area contributed by atoms with E-state index in [0.29, 0.717) is 12.1 Å². The molecule has 21 heavy (non-hydrogen) atoms. The molecule has 116 valence electrons. The molecule has 2 rings (SSSR count). The number of nitrogens with one attached hydrogen (secondary N) is 1. The van der Waals surface area contributed by atoms with Crippen molar-refractivity contribution in [3.8, 4) is 0 Å². The molecule has 0 unspecified atom stereocenters. The summed E-state index contributed by atoms with van der Waals surface area (Å²) in [5.41, 5.74) is 5.97. The van der Waals surface area contributed by atoms with E-state index in [-0.39, 0.29) is 9.88 Å². The topological polar surface area (TPSA) is 75.4 Å². The molecule has 1 saturated heterocycles. The predicted octanol–water partition coefficient (Wildman–Crippen LogP) is 1.08. The SMILES string of the molecule is NC(=S)c1ccccc1S(=O)(=O)NCCCN1CCCC1. The maximum absolute atomic E-state index is 12.3. The lowest BCUT2D eigenvalue weighted by atomic mass is 10.2. The zero-order valence-electron chi connectivity index (χ0n) is 11.9. The van der Waals surface area contributed by atoms with Gasteiger partial charge >= 0.3 is 0 Å². The third-order valence-electron chi connectivity index (χ3n) is 3.58. The van der Waals surface area contributed by atoms with E-state index in [4.69, 9.17) is 18.0 Å².